The van der Waals surface area contributed by atoms with Crippen molar-refractivity contribution in [2.75, 3.05) is 24.5 Å². The summed E-state index contributed by atoms with van der Waals surface area (Å²) in [7, 11) is 0. The molecule has 4 nitrogen and oxygen atoms in total. The lowest BCUT2D eigenvalue weighted by Gasteiger charge is -2.36. The van der Waals surface area contributed by atoms with Crippen LogP contribution in [0.25, 0.3) is 0 Å². The zero-order valence-corrected chi connectivity index (χ0v) is 14.3. The maximum atomic E-state index is 12.8. The third kappa shape index (κ3) is 3.26. The Morgan fingerprint density at radius 3 is 2.39 bits per heavy atom. The third-order valence-electron chi connectivity index (χ3n) is 5.06. The molecule has 0 N–H and O–H groups in total. The molecule has 4 heteroatoms. The van der Waals surface area contributed by atoms with Gasteiger partial charge in [-0.25, -0.2) is 0 Å². The van der Waals surface area contributed by atoms with Crippen LogP contribution in [-0.4, -0.2) is 36.3 Å². The molecule has 0 unspecified atom stereocenters. The number of likely N-dealkylation sites (tertiary alicyclic amines) is 1. The van der Waals surface area contributed by atoms with Gasteiger partial charge in [-0.1, -0.05) is 32.0 Å². The van der Waals surface area contributed by atoms with E-state index in [1.807, 2.05) is 36.1 Å². The molecule has 2 fully saturated rings. The Labute approximate surface area is 138 Å². The Kier molecular flexibility index (Phi) is 4.42. The Balaban J connectivity index is 1.72. The molecule has 23 heavy (non-hydrogen) atoms. The molecule has 0 saturated carbocycles. The van der Waals surface area contributed by atoms with Crippen LogP contribution < -0.4 is 4.90 Å². The quantitative estimate of drug-likeness (QED) is 0.842. The van der Waals surface area contributed by atoms with Crippen molar-refractivity contribution in [1.82, 2.24) is 4.90 Å². The smallest absolute Gasteiger partial charge is 0.228 e. The number of benzene rings is 1. The molecule has 1 aromatic carbocycles. The summed E-state index contributed by atoms with van der Waals surface area (Å²) in [5.41, 5.74) is 2.02. The number of hydrogen-bond acceptors (Lipinski definition) is 2. The number of carbonyl (C=O) groups excluding carboxylic acids is 2. The van der Waals surface area contributed by atoms with Crippen molar-refractivity contribution < 1.29 is 9.59 Å². The number of anilines is 1. The van der Waals surface area contributed by atoms with Crippen molar-refractivity contribution >= 4 is 17.5 Å². The van der Waals surface area contributed by atoms with E-state index in [0.29, 0.717) is 24.8 Å². The summed E-state index contributed by atoms with van der Waals surface area (Å²) in [6.07, 6.45) is 1.52. The van der Waals surface area contributed by atoms with Gasteiger partial charge in [0, 0.05) is 31.7 Å². The minimum absolute atomic E-state index is 0.0655. The van der Waals surface area contributed by atoms with Gasteiger partial charge in [-0.05, 0) is 36.8 Å². The van der Waals surface area contributed by atoms with Gasteiger partial charge in [0.25, 0.3) is 0 Å². The average Bonchev–Trinajstić information content (AvgIpc) is 2.88. The predicted molar refractivity (Wildman–Crippen MR) is 91.2 cm³/mol. The molecule has 0 radical (unpaired) electrons. The number of para-hydroxylation sites is 1. The van der Waals surface area contributed by atoms with E-state index in [-0.39, 0.29) is 17.7 Å². The van der Waals surface area contributed by atoms with E-state index in [2.05, 4.69) is 13.8 Å². The van der Waals surface area contributed by atoms with Crippen molar-refractivity contribution in [3.8, 4) is 0 Å². The van der Waals surface area contributed by atoms with Crippen molar-refractivity contribution in [2.24, 2.45) is 17.8 Å². The normalized spacial score (nSPS) is 28.3. The Hall–Kier alpha value is -1.84. The number of hydrogen-bond donors (Lipinski definition) is 0. The van der Waals surface area contributed by atoms with Crippen LogP contribution in [0.3, 0.4) is 0 Å². The van der Waals surface area contributed by atoms with E-state index in [1.165, 1.54) is 6.42 Å². The highest BCUT2D eigenvalue weighted by atomic mass is 16.2. The summed E-state index contributed by atoms with van der Waals surface area (Å²) < 4.78 is 0. The lowest BCUT2D eigenvalue weighted by Crippen LogP contribution is -2.45. The van der Waals surface area contributed by atoms with Gasteiger partial charge in [0.1, 0.15) is 0 Å². The molecule has 2 aliphatic rings. The van der Waals surface area contributed by atoms with Crippen molar-refractivity contribution in [2.45, 2.75) is 33.6 Å². The molecule has 0 aliphatic carbocycles. The lowest BCUT2D eigenvalue weighted by atomic mass is 9.91. The van der Waals surface area contributed by atoms with E-state index in [4.69, 9.17) is 0 Å². The summed E-state index contributed by atoms with van der Waals surface area (Å²) >= 11 is 0. The van der Waals surface area contributed by atoms with Crippen LogP contribution in [0, 0.1) is 24.7 Å². The molecular formula is C19H26N2O2. The number of carbonyl (C=O) groups is 2. The van der Waals surface area contributed by atoms with Crippen LogP contribution in [0.2, 0.25) is 0 Å². The van der Waals surface area contributed by atoms with Crippen molar-refractivity contribution in [1.29, 1.82) is 0 Å². The number of piperidine rings is 1. The molecule has 2 saturated heterocycles. The first-order valence-electron chi connectivity index (χ1n) is 8.60. The summed E-state index contributed by atoms with van der Waals surface area (Å²) in [4.78, 5) is 29.0. The standard InChI is InChI=1S/C19H26N2O2/c1-13-8-14(2)11-20(10-13)19(23)16-9-18(22)21(12-16)17-7-5-4-6-15(17)3/h4-7,13-14,16H,8-12H2,1-3H3/t13-,14+,16-/m1/s1. The molecule has 0 bridgehead atoms. The van der Waals surface area contributed by atoms with Crippen LogP contribution in [-0.2, 0) is 9.59 Å². The summed E-state index contributed by atoms with van der Waals surface area (Å²) in [6.45, 7) is 8.59. The van der Waals surface area contributed by atoms with Gasteiger partial charge in [-0.2, -0.15) is 0 Å². The van der Waals surface area contributed by atoms with Gasteiger partial charge in [0.15, 0.2) is 0 Å². The summed E-state index contributed by atoms with van der Waals surface area (Å²) in [6, 6.07) is 7.88. The predicted octanol–water partition coefficient (Wildman–Crippen LogP) is 2.85. The molecule has 2 amide bonds. The number of nitrogens with zero attached hydrogens (tertiary/aromatic N) is 2. The summed E-state index contributed by atoms with van der Waals surface area (Å²) in [5, 5.41) is 0. The van der Waals surface area contributed by atoms with Crippen molar-refractivity contribution in [3.05, 3.63) is 29.8 Å². The van der Waals surface area contributed by atoms with E-state index in [1.54, 1.807) is 4.90 Å². The maximum absolute atomic E-state index is 12.8. The Morgan fingerprint density at radius 1 is 1.09 bits per heavy atom. The first kappa shape index (κ1) is 16.0. The first-order chi connectivity index (χ1) is 11.0. The van der Waals surface area contributed by atoms with E-state index < -0.39 is 0 Å². The topological polar surface area (TPSA) is 40.6 Å². The van der Waals surface area contributed by atoms with Gasteiger partial charge in [-0.3, -0.25) is 9.59 Å². The zero-order valence-electron chi connectivity index (χ0n) is 14.3. The minimum Gasteiger partial charge on any atom is -0.342 e. The van der Waals surface area contributed by atoms with Gasteiger partial charge >= 0.3 is 0 Å². The molecule has 2 aliphatic heterocycles. The number of aryl methyl sites for hydroxylation is 1. The largest absolute Gasteiger partial charge is 0.342 e. The fraction of sp³-hybridized carbons (Fsp3) is 0.579. The second-order valence-electron chi connectivity index (χ2n) is 7.38. The van der Waals surface area contributed by atoms with E-state index >= 15 is 0 Å². The Bertz CT molecular complexity index is 603. The van der Waals surface area contributed by atoms with Crippen molar-refractivity contribution in [3.63, 3.8) is 0 Å². The highest BCUT2D eigenvalue weighted by molar-refractivity contribution is 6.00. The molecule has 3 rings (SSSR count). The molecule has 1 aromatic rings. The number of rotatable bonds is 2. The van der Waals surface area contributed by atoms with Crippen LogP contribution in [0.15, 0.2) is 24.3 Å². The fourth-order valence-electron chi connectivity index (χ4n) is 4.07. The fourth-order valence-corrected chi connectivity index (χ4v) is 4.07. The second-order valence-corrected chi connectivity index (χ2v) is 7.38. The second kappa shape index (κ2) is 6.34. The van der Waals surface area contributed by atoms with Crippen LogP contribution in [0.5, 0.6) is 0 Å². The monoisotopic (exact) mass is 314 g/mol. The van der Waals surface area contributed by atoms with Gasteiger partial charge in [0.05, 0.1) is 5.92 Å². The number of amides is 2. The summed E-state index contributed by atoms with van der Waals surface area (Å²) in [5.74, 6) is 1.13. The highest BCUT2D eigenvalue weighted by Crippen LogP contribution is 2.30. The van der Waals surface area contributed by atoms with Crippen LogP contribution in [0.1, 0.15) is 32.3 Å². The van der Waals surface area contributed by atoms with Crippen LogP contribution in [0.4, 0.5) is 5.69 Å². The molecule has 2 heterocycles. The SMILES string of the molecule is Cc1ccccc1N1C[C@H](C(=O)N2C[C@H](C)C[C@H](C)C2)CC1=O. The molecule has 124 valence electrons. The highest BCUT2D eigenvalue weighted by Gasteiger charge is 2.39. The van der Waals surface area contributed by atoms with Gasteiger partial charge < -0.3 is 9.80 Å². The zero-order chi connectivity index (χ0) is 16.6. The van der Waals surface area contributed by atoms with Gasteiger partial charge in [-0.15, -0.1) is 0 Å². The maximum Gasteiger partial charge on any atom is 0.228 e. The first-order valence-corrected chi connectivity index (χ1v) is 8.60. The molecule has 0 aromatic heterocycles. The Morgan fingerprint density at radius 2 is 1.74 bits per heavy atom. The molecule has 0 spiro atoms. The average molecular weight is 314 g/mol. The van der Waals surface area contributed by atoms with E-state index in [9.17, 15) is 9.59 Å². The molecule has 3 atom stereocenters. The third-order valence-corrected chi connectivity index (χ3v) is 5.06. The van der Waals surface area contributed by atoms with Gasteiger partial charge in [0.2, 0.25) is 11.8 Å². The van der Waals surface area contributed by atoms with E-state index in [0.717, 1.165) is 24.3 Å². The minimum atomic E-state index is -0.195. The van der Waals surface area contributed by atoms with Crippen LogP contribution >= 0.6 is 0 Å². The molecular weight excluding hydrogens is 288 g/mol. The lowest BCUT2D eigenvalue weighted by molar-refractivity contribution is -0.138.